The van der Waals surface area contributed by atoms with Crippen molar-refractivity contribution in [1.82, 2.24) is 9.88 Å². The molecule has 0 saturated heterocycles. The summed E-state index contributed by atoms with van der Waals surface area (Å²) in [4.78, 5) is 22.1. The minimum absolute atomic E-state index is 0.0330. The Balaban J connectivity index is 1.78. The zero-order valence-corrected chi connectivity index (χ0v) is 20.8. The van der Waals surface area contributed by atoms with Gasteiger partial charge in [-0.2, -0.15) is 0 Å². The van der Waals surface area contributed by atoms with E-state index in [1.807, 2.05) is 56.6 Å². The predicted molar refractivity (Wildman–Crippen MR) is 134 cm³/mol. The Hall–Kier alpha value is -1.96. The third kappa shape index (κ3) is 6.76. The second-order valence-corrected chi connectivity index (χ2v) is 9.73. The molecule has 0 fully saturated rings. The van der Waals surface area contributed by atoms with E-state index in [2.05, 4.69) is 27.8 Å². The third-order valence-corrected chi connectivity index (χ3v) is 6.45. The topological polar surface area (TPSA) is 45.7 Å². The van der Waals surface area contributed by atoms with Crippen LogP contribution < -0.4 is 9.64 Å². The predicted octanol–water partition coefficient (Wildman–Crippen LogP) is 6.23. The molecule has 1 aromatic heterocycles. The van der Waals surface area contributed by atoms with Crippen LogP contribution in [0.4, 0.5) is 5.13 Å². The van der Waals surface area contributed by atoms with Gasteiger partial charge in [-0.25, -0.2) is 4.98 Å². The van der Waals surface area contributed by atoms with Crippen LogP contribution in [0, 0.1) is 0 Å². The molecule has 0 saturated carbocycles. The molecule has 1 heterocycles. The number of nitrogens with zero attached hydrogens (tertiary/aromatic N) is 3. The molecular weight excluding hydrogens is 474 g/mol. The van der Waals surface area contributed by atoms with Gasteiger partial charge < -0.3 is 9.64 Å². The van der Waals surface area contributed by atoms with Crippen LogP contribution in [0.3, 0.4) is 0 Å². The Kier molecular flexibility index (Phi) is 8.87. The van der Waals surface area contributed by atoms with Gasteiger partial charge in [-0.1, -0.05) is 47.0 Å². The van der Waals surface area contributed by atoms with E-state index in [0.29, 0.717) is 18.7 Å². The number of hydrogen-bond donors (Lipinski definition) is 0. The van der Waals surface area contributed by atoms with Gasteiger partial charge in [-0.15, -0.1) is 0 Å². The summed E-state index contributed by atoms with van der Waals surface area (Å²) in [6, 6.07) is 13.5. The van der Waals surface area contributed by atoms with Crippen molar-refractivity contribution < 1.29 is 9.53 Å². The summed E-state index contributed by atoms with van der Waals surface area (Å²) in [5, 5.41) is 0.733. The molecule has 3 rings (SSSR count). The fraction of sp³-hybridized carbons (Fsp3) is 0.417. The highest BCUT2D eigenvalue weighted by Gasteiger charge is 2.21. The van der Waals surface area contributed by atoms with Crippen LogP contribution in [-0.4, -0.2) is 49.6 Å². The summed E-state index contributed by atoms with van der Waals surface area (Å²) >= 11 is 5.06. The molecule has 0 bridgehead atoms. The highest BCUT2D eigenvalue weighted by Crippen LogP contribution is 2.32. The maximum atomic E-state index is 13.4. The molecular formula is C24H30BrN3O2S. The molecule has 0 radical (unpaired) electrons. The maximum Gasteiger partial charge on any atom is 0.260 e. The van der Waals surface area contributed by atoms with Crippen LogP contribution in [0.1, 0.15) is 43.0 Å². The summed E-state index contributed by atoms with van der Waals surface area (Å²) in [5.41, 5.74) is 1.55. The average molecular weight is 504 g/mol. The van der Waals surface area contributed by atoms with Gasteiger partial charge in [0.05, 0.1) is 16.8 Å². The Bertz CT molecular complexity index is 988. The molecule has 0 N–H and O–H groups in total. The second kappa shape index (κ2) is 11.6. The van der Waals surface area contributed by atoms with Gasteiger partial charge in [0.2, 0.25) is 0 Å². The molecule has 0 aliphatic carbocycles. The molecule has 0 unspecified atom stereocenters. The zero-order valence-electron chi connectivity index (χ0n) is 18.4. The Labute approximate surface area is 197 Å². The van der Waals surface area contributed by atoms with Crippen LogP contribution in [0.2, 0.25) is 0 Å². The number of benzene rings is 2. The van der Waals surface area contributed by atoms with Gasteiger partial charge in [0, 0.05) is 16.6 Å². The number of aromatic nitrogens is 1. The standard InChI is InChI=1S/C24H30BrN3O2S/c1-4-5-6-16-30-20-11-8-18(9-12-20)23(29)28(15-7-14-27(2)3)24-26-21-13-10-19(25)17-22(21)31-24/h8-13,17H,4-7,14-16H2,1-3H3. The maximum absolute atomic E-state index is 13.4. The van der Waals surface area contributed by atoms with Gasteiger partial charge >= 0.3 is 0 Å². The number of rotatable bonds is 11. The van der Waals surface area contributed by atoms with Crippen molar-refractivity contribution in [2.24, 2.45) is 0 Å². The van der Waals surface area contributed by atoms with Crippen molar-refractivity contribution in [2.45, 2.75) is 32.6 Å². The van der Waals surface area contributed by atoms with Gasteiger partial charge in [-0.3, -0.25) is 9.69 Å². The molecule has 2 aromatic carbocycles. The van der Waals surface area contributed by atoms with Crippen molar-refractivity contribution in [3.8, 4) is 5.75 Å². The molecule has 7 heteroatoms. The first-order valence-electron chi connectivity index (χ1n) is 10.7. The third-order valence-electron chi connectivity index (χ3n) is 4.92. The first-order chi connectivity index (χ1) is 15.0. The monoisotopic (exact) mass is 503 g/mol. The quantitative estimate of drug-likeness (QED) is 0.291. The van der Waals surface area contributed by atoms with Crippen molar-refractivity contribution in [3.63, 3.8) is 0 Å². The van der Waals surface area contributed by atoms with E-state index in [9.17, 15) is 4.79 Å². The van der Waals surface area contributed by atoms with Crippen molar-refractivity contribution in [1.29, 1.82) is 0 Å². The summed E-state index contributed by atoms with van der Waals surface area (Å²) < 4.78 is 7.86. The van der Waals surface area contributed by atoms with Gasteiger partial charge in [0.15, 0.2) is 5.13 Å². The van der Waals surface area contributed by atoms with Crippen LogP contribution in [0.5, 0.6) is 5.75 Å². The number of ether oxygens (including phenoxy) is 1. The Morgan fingerprint density at radius 3 is 2.55 bits per heavy atom. The molecule has 0 aliphatic heterocycles. The minimum atomic E-state index is -0.0330. The van der Waals surface area contributed by atoms with Crippen molar-refractivity contribution in [3.05, 3.63) is 52.5 Å². The summed E-state index contributed by atoms with van der Waals surface area (Å²) in [6.07, 6.45) is 4.25. The largest absolute Gasteiger partial charge is 0.494 e. The van der Waals surface area contributed by atoms with E-state index < -0.39 is 0 Å². The molecule has 1 amide bonds. The molecule has 31 heavy (non-hydrogen) atoms. The number of anilines is 1. The molecule has 3 aromatic rings. The molecule has 166 valence electrons. The summed E-state index contributed by atoms with van der Waals surface area (Å²) in [7, 11) is 4.08. The number of halogens is 1. The first-order valence-corrected chi connectivity index (χ1v) is 12.3. The normalized spacial score (nSPS) is 11.3. The second-order valence-electron chi connectivity index (χ2n) is 7.80. The lowest BCUT2D eigenvalue weighted by Crippen LogP contribution is -2.33. The van der Waals surface area contributed by atoms with Gasteiger partial charge in [0.25, 0.3) is 5.91 Å². The lowest BCUT2D eigenvalue weighted by molar-refractivity contribution is 0.0986. The number of hydrogen-bond acceptors (Lipinski definition) is 5. The number of carbonyl (C=O) groups is 1. The number of amides is 1. The first kappa shape index (κ1) is 23.7. The highest BCUT2D eigenvalue weighted by molar-refractivity contribution is 9.10. The SMILES string of the molecule is CCCCCOc1ccc(C(=O)N(CCCN(C)C)c2nc3ccc(Br)cc3s2)cc1. The molecule has 0 aliphatic rings. The van der Waals surface area contributed by atoms with Gasteiger partial charge in [-0.05, 0) is 75.9 Å². The van der Waals surface area contributed by atoms with Crippen LogP contribution >= 0.6 is 27.3 Å². The molecule has 0 atom stereocenters. The summed E-state index contributed by atoms with van der Waals surface area (Å²) in [6.45, 7) is 4.41. The van der Waals surface area contributed by atoms with E-state index >= 15 is 0 Å². The van der Waals surface area contributed by atoms with E-state index in [1.165, 1.54) is 6.42 Å². The lowest BCUT2D eigenvalue weighted by Gasteiger charge is -2.21. The van der Waals surface area contributed by atoms with E-state index in [4.69, 9.17) is 9.72 Å². The number of unbranched alkanes of at least 4 members (excludes halogenated alkanes) is 2. The highest BCUT2D eigenvalue weighted by atomic mass is 79.9. The van der Waals surface area contributed by atoms with Crippen LogP contribution in [0.15, 0.2) is 46.9 Å². The van der Waals surface area contributed by atoms with Crippen LogP contribution in [-0.2, 0) is 0 Å². The Morgan fingerprint density at radius 1 is 1.06 bits per heavy atom. The fourth-order valence-corrected chi connectivity index (χ4v) is 4.76. The van der Waals surface area contributed by atoms with Crippen molar-refractivity contribution >= 4 is 48.5 Å². The lowest BCUT2D eigenvalue weighted by atomic mass is 10.2. The van der Waals surface area contributed by atoms with E-state index in [0.717, 1.165) is 51.4 Å². The smallest absolute Gasteiger partial charge is 0.260 e. The number of carbonyl (C=O) groups excluding carboxylic acids is 1. The van der Waals surface area contributed by atoms with E-state index in [1.54, 1.807) is 16.2 Å². The number of fused-ring (bicyclic) bond motifs is 1. The van der Waals surface area contributed by atoms with Crippen molar-refractivity contribution in [2.75, 3.05) is 38.7 Å². The van der Waals surface area contributed by atoms with Crippen LogP contribution in [0.25, 0.3) is 10.2 Å². The summed E-state index contributed by atoms with van der Waals surface area (Å²) in [5.74, 6) is 0.769. The molecule has 5 nitrogen and oxygen atoms in total. The Morgan fingerprint density at radius 2 is 1.84 bits per heavy atom. The molecule has 0 spiro atoms. The van der Waals surface area contributed by atoms with E-state index in [-0.39, 0.29) is 5.91 Å². The fourth-order valence-electron chi connectivity index (χ4n) is 3.22. The average Bonchev–Trinajstić information content (AvgIpc) is 3.17. The number of thiazole rings is 1. The van der Waals surface area contributed by atoms with Gasteiger partial charge in [0.1, 0.15) is 5.75 Å². The zero-order chi connectivity index (χ0) is 22.2. The minimum Gasteiger partial charge on any atom is -0.494 e.